The van der Waals surface area contributed by atoms with E-state index in [-0.39, 0.29) is 6.61 Å². The second kappa shape index (κ2) is 6.29. The number of rotatable bonds is 4. The summed E-state index contributed by atoms with van der Waals surface area (Å²) in [6.45, 7) is 0.166. The summed E-state index contributed by atoms with van der Waals surface area (Å²) in [6.07, 6.45) is 0. The highest BCUT2D eigenvalue weighted by molar-refractivity contribution is 6.68. The Balaban J connectivity index is 2.22. The van der Waals surface area contributed by atoms with Gasteiger partial charge in [-0.25, -0.2) is 0 Å². The first kappa shape index (κ1) is 14.2. The first-order chi connectivity index (χ1) is 9.09. The predicted octanol–water partition coefficient (Wildman–Crippen LogP) is 4.95. The van der Waals surface area contributed by atoms with Gasteiger partial charge in [-0.15, -0.1) is 0 Å². The quantitative estimate of drug-likeness (QED) is 0.746. The van der Waals surface area contributed by atoms with E-state index >= 15 is 0 Å². The Hall–Kier alpha value is -1.22. The maximum absolute atomic E-state index is 11.2. The molecule has 0 bridgehead atoms. The summed E-state index contributed by atoms with van der Waals surface area (Å²) in [4.78, 5) is 11.2. The Morgan fingerprint density at radius 2 is 1.63 bits per heavy atom. The summed E-state index contributed by atoms with van der Waals surface area (Å²) in [5.74, 6) is 0.401. The molecule has 2 aromatic carbocycles. The monoisotopic (exact) mass is 314 g/mol. The van der Waals surface area contributed by atoms with E-state index in [1.165, 1.54) is 0 Å². The molecule has 0 aliphatic heterocycles. The zero-order valence-corrected chi connectivity index (χ0v) is 12.0. The molecule has 0 saturated heterocycles. The number of carbonyl (C=O) groups excluding carboxylic acids is 1. The molecule has 0 amide bonds. The molecule has 2 rings (SSSR count). The van der Waals surface area contributed by atoms with E-state index in [2.05, 4.69) is 0 Å². The lowest BCUT2D eigenvalue weighted by Gasteiger charge is -2.11. The molecule has 0 atom stereocenters. The summed E-state index contributed by atoms with van der Waals surface area (Å²) in [6, 6.07) is 11.9. The van der Waals surface area contributed by atoms with Crippen molar-refractivity contribution in [2.24, 2.45) is 0 Å². The van der Waals surface area contributed by atoms with Gasteiger partial charge in [-0.05, 0) is 35.9 Å². The third-order valence-corrected chi connectivity index (χ3v) is 3.44. The van der Waals surface area contributed by atoms with Crippen molar-refractivity contribution < 1.29 is 9.53 Å². The lowest BCUT2D eigenvalue weighted by Crippen LogP contribution is -2.01. The first-order valence-electron chi connectivity index (χ1n) is 5.44. The SMILES string of the molecule is O=C(Cl)c1ccccc1OCc1c(Cl)cccc1Cl. The van der Waals surface area contributed by atoms with E-state index in [9.17, 15) is 4.79 Å². The Morgan fingerprint density at radius 1 is 1.00 bits per heavy atom. The third-order valence-electron chi connectivity index (χ3n) is 2.53. The van der Waals surface area contributed by atoms with E-state index in [4.69, 9.17) is 39.5 Å². The second-order valence-electron chi connectivity index (χ2n) is 3.76. The summed E-state index contributed by atoms with van der Waals surface area (Å²) in [7, 11) is 0. The van der Waals surface area contributed by atoms with Crippen molar-refractivity contribution in [1.82, 2.24) is 0 Å². The minimum absolute atomic E-state index is 0.166. The molecule has 2 nitrogen and oxygen atoms in total. The Morgan fingerprint density at radius 3 is 2.26 bits per heavy atom. The zero-order chi connectivity index (χ0) is 13.8. The number of benzene rings is 2. The van der Waals surface area contributed by atoms with Crippen LogP contribution in [0.25, 0.3) is 0 Å². The molecule has 5 heteroatoms. The van der Waals surface area contributed by atoms with Crippen LogP contribution in [0, 0.1) is 0 Å². The highest BCUT2D eigenvalue weighted by Gasteiger charge is 2.11. The van der Waals surface area contributed by atoms with Crippen LogP contribution in [0.15, 0.2) is 42.5 Å². The maximum atomic E-state index is 11.2. The first-order valence-corrected chi connectivity index (χ1v) is 6.57. The van der Waals surface area contributed by atoms with Gasteiger partial charge in [-0.1, -0.05) is 41.4 Å². The van der Waals surface area contributed by atoms with Crippen LogP contribution in [0.1, 0.15) is 15.9 Å². The molecule has 0 aliphatic carbocycles. The fourth-order valence-corrected chi connectivity index (χ4v) is 2.24. The van der Waals surface area contributed by atoms with Gasteiger partial charge in [-0.2, -0.15) is 0 Å². The molecule has 0 spiro atoms. The van der Waals surface area contributed by atoms with Crippen molar-refractivity contribution in [2.75, 3.05) is 0 Å². The highest BCUT2D eigenvalue weighted by atomic mass is 35.5. The van der Waals surface area contributed by atoms with Gasteiger partial charge in [0.1, 0.15) is 12.4 Å². The van der Waals surface area contributed by atoms with Crippen molar-refractivity contribution in [1.29, 1.82) is 0 Å². The van der Waals surface area contributed by atoms with Crippen molar-refractivity contribution in [3.05, 3.63) is 63.6 Å². The highest BCUT2D eigenvalue weighted by Crippen LogP contribution is 2.27. The summed E-state index contributed by atoms with van der Waals surface area (Å²) < 4.78 is 5.57. The van der Waals surface area contributed by atoms with E-state index < -0.39 is 5.24 Å². The number of hydrogen-bond acceptors (Lipinski definition) is 2. The summed E-state index contributed by atoms with van der Waals surface area (Å²) in [5, 5.41) is 0.463. The third kappa shape index (κ3) is 3.41. The maximum Gasteiger partial charge on any atom is 0.256 e. The largest absolute Gasteiger partial charge is 0.488 e. The van der Waals surface area contributed by atoms with Crippen LogP contribution >= 0.6 is 34.8 Å². The van der Waals surface area contributed by atoms with E-state index in [1.54, 1.807) is 42.5 Å². The van der Waals surface area contributed by atoms with Gasteiger partial charge in [-0.3, -0.25) is 4.79 Å². The molecule has 0 heterocycles. The Bertz CT molecular complexity index is 591. The molecule has 2 aromatic rings. The van der Waals surface area contributed by atoms with Crippen LogP contribution in [-0.2, 0) is 6.61 Å². The average Bonchev–Trinajstić information content (AvgIpc) is 2.38. The molecule has 0 aromatic heterocycles. The standard InChI is InChI=1S/C14H9Cl3O2/c15-11-5-3-6-12(16)10(11)8-19-13-7-2-1-4-9(13)14(17)18/h1-7H,8H2. The number of halogens is 3. The van der Waals surface area contributed by atoms with Crippen molar-refractivity contribution in [3.63, 3.8) is 0 Å². The molecule has 0 saturated carbocycles. The topological polar surface area (TPSA) is 26.3 Å². The van der Waals surface area contributed by atoms with E-state index in [0.717, 1.165) is 0 Å². The zero-order valence-electron chi connectivity index (χ0n) is 9.70. The van der Waals surface area contributed by atoms with Gasteiger partial charge >= 0.3 is 0 Å². The van der Waals surface area contributed by atoms with Crippen LogP contribution in [0.4, 0.5) is 0 Å². The van der Waals surface area contributed by atoms with Crippen molar-refractivity contribution in [3.8, 4) is 5.75 Å². The second-order valence-corrected chi connectivity index (χ2v) is 4.92. The van der Waals surface area contributed by atoms with Crippen molar-refractivity contribution >= 4 is 40.0 Å². The van der Waals surface area contributed by atoms with Gasteiger partial charge in [0.2, 0.25) is 0 Å². The van der Waals surface area contributed by atoms with Crippen LogP contribution in [0.5, 0.6) is 5.75 Å². The van der Waals surface area contributed by atoms with E-state index in [1.807, 2.05) is 0 Å². The van der Waals surface area contributed by atoms with Crippen LogP contribution < -0.4 is 4.74 Å². The smallest absolute Gasteiger partial charge is 0.256 e. The van der Waals surface area contributed by atoms with Crippen LogP contribution in [0.2, 0.25) is 10.0 Å². The van der Waals surface area contributed by atoms with Gasteiger partial charge in [0.25, 0.3) is 5.24 Å². The number of para-hydroxylation sites is 1. The van der Waals surface area contributed by atoms with Gasteiger partial charge in [0.15, 0.2) is 0 Å². The molecule has 0 fully saturated rings. The molecular formula is C14H9Cl3O2. The fraction of sp³-hybridized carbons (Fsp3) is 0.0714. The number of ether oxygens (including phenoxy) is 1. The normalized spacial score (nSPS) is 10.3. The number of hydrogen-bond donors (Lipinski definition) is 0. The predicted molar refractivity (Wildman–Crippen MR) is 77.4 cm³/mol. The Kier molecular flexibility index (Phi) is 4.70. The summed E-state index contributed by atoms with van der Waals surface area (Å²) in [5.41, 5.74) is 0.981. The molecule has 0 N–H and O–H groups in total. The fourth-order valence-electron chi connectivity index (χ4n) is 1.58. The van der Waals surface area contributed by atoms with Crippen molar-refractivity contribution in [2.45, 2.75) is 6.61 Å². The van der Waals surface area contributed by atoms with E-state index in [0.29, 0.717) is 26.9 Å². The van der Waals surface area contributed by atoms with Gasteiger partial charge in [0, 0.05) is 15.6 Å². The Labute approximate surface area is 125 Å². The lowest BCUT2D eigenvalue weighted by atomic mass is 10.2. The molecule has 0 aliphatic rings. The van der Waals surface area contributed by atoms with Crippen LogP contribution in [-0.4, -0.2) is 5.24 Å². The van der Waals surface area contributed by atoms with Gasteiger partial charge < -0.3 is 4.74 Å². The molecule has 19 heavy (non-hydrogen) atoms. The molecule has 0 radical (unpaired) electrons. The minimum atomic E-state index is -0.569. The number of carbonyl (C=O) groups is 1. The minimum Gasteiger partial charge on any atom is -0.488 e. The molecule has 98 valence electrons. The molecular weight excluding hydrogens is 307 g/mol. The van der Waals surface area contributed by atoms with Gasteiger partial charge in [0.05, 0.1) is 5.56 Å². The lowest BCUT2D eigenvalue weighted by molar-refractivity contribution is 0.107. The average molecular weight is 316 g/mol. The van der Waals surface area contributed by atoms with Crippen LogP contribution in [0.3, 0.4) is 0 Å². The summed E-state index contributed by atoms with van der Waals surface area (Å²) >= 11 is 17.6. The molecule has 0 unspecified atom stereocenters.